The summed E-state index contributed by atoms with van der Waals surface area (Å²) in [7, 11) is -3.97. The molecule has 1 fully saturated rings. The lowest BCUT2D eigenvalue weighted by Crippen LogP contribution is -2.42. The first-order valence-corrected chi connectivity index (χ1v) is 13.6. The van der Waals surface area contributed by atoms with Crippen LogP contribution in [-0.4, -0.2) is 71.3 Å². The number of hydrogen-bond acceptors (Lipinski definition) is 11. The van der Waals surface area contributed by atoms with E-state index in [0.717, 1.165) is 0 Å². The average Bonchev–Trinajstić information content (AvgIpc) is 3.49. The number of carbonyl (C=O) groups excluding carboxylic acids is 2. The van der Waals surface area contributed by atoms with Crippen molar-refractivity contribution in [3.8, 4) is 0 Å². The molecule has 4 N–H and O–H groups in total. The minimum Gasteiger partial charge on any atom is -0.465 e. The van der Waals surface area contributed by atoms with Crippen molar-refractivity contribution in [2.24, 2.45) is 4.99 Å². The molecule has 0 bridgehead atoms. The second-order valence-electron chi connectivity index (χ2n) is 8.43. The van der Waals surface area contributed by atoms with Crippen molar-refractivity contribution in [1.29, 1.82) is 0 Å². The van der Waals surface area contributed by atoms with Crippen LogP contribution in [-0.2, 0) is 38.6 Å². The number of rotatable bonds is 13. The van der Waals surface area contributed by atoms with Gasteiger partial charge in [-0.3, -0.25) is 19.1 Å². The number of nitrogens with zero attached hydrogens (tertiary/aromatic N) is 4. The van der Waals surface area contributed by atoms with Gasteiger partial charge in [0.25, 0.3) is 0 Å². The lowest BCUT2D eigenvalue weighted by molar-refractivity contribution is -0.145. The molecule has 2 aromatic heterocycles. The Morgan fingerprint density at radius 3 is 2.46 bits per heavy atom. The van der Waals surface area contributed by atoms with Crippen LogP contribution >= 0.6 is 7.67 Å². The van der Waals surface area contributed by atoms with Gasteiger partial charge in [-0.2, -0.15) is 5.10 Å². The topological polar surface area (TPSA) is 181 Å². The molecule has 204 valence electrons. The fourth-order valence-electron chi connectivity index (χ4n) is 3.95. The first-order valence-electron chi connectivity index (χ1n) is 12.0. The summed E-state index contributed by atoms with van der Waals surface area (Å²) in [5, 5.41) is 9.52. The van der Waals surface area contributed by atoms with Crippen LogP contribution < -0.4 is 15.9 Å². The maximum absolute atomic E-state index is 13.7. The van der Waals surface area contributed by atoms with Crippen LogP contribution in [0.3, 0.4) is 0 Å². The first kappa shape index (κ1) is 28.7. The van der Waals surface area contributed by atoms with Gasteiger partial charge in [0.05, 0.1) is 31.6 Å². The molecule has 0 aliphatic carbocycles. The predicted octanol–water partition coefficient (Wildman–Crippen LogP) is 1.55. The van der Waals surface area contributed by atoms with Crippen LogP contribution in [0, 0.1) is 0 Å². The Bertz CT molecular complexity index is 1150. The van der Waals surface area contributed by atoms with Gasteiger partial charge in [0.1, 0.15) is 23.9 Å². The SMILES string of the molecule is C=N[C@]1(c2ccc3c(N)ncnn23)CC[C@@H](COP(=O)(N[C@@H](C)C(=O)OCC)N[C@@H](C)C(=O)OCC)O1. The fraction of sp³-hybridized carbons (Fsp3) is 0.591. The van der Waals surface area contributed by atoms with E-state index in [4.69, 9.17) is 24.5 Å². The summed E-state index contributed by atoms with van der Waals surface area (Å²) < 4.78 is 37.2. The molecule has 0 aromatic carbocycles. The Kier molecular flexibility index (Phi) is 9.37. The molecule has 1 aliphatic heterocycles. The molecule has 0 amide bonds. The molecule has 0 radical (unpaired) electrons. The Balaban J connectivity index is 1.75. The van der Waals surface area contributed by atoms with Crippen LogP contribution in [0.15, 0.2) is 23.5 Å². The van der Waals surface area contributed by atoms with E-state index in [2.05, 4.69) is 32.0 Å². The summed E-state index contributed by atoms with van der Waals surface area (Å²) in [4.78, 5) is 32.5. The van der Waals surface area contributed by atoms with Crippen molar-refractivity contribution < 1.29 is 32.9 Å². The highest BCUT2D eigenvalue weighted by molar-refractivity contribution is 7.54. The molecule has 14 nitrogen and oxygen atoms in total. The third-order valence-corrected chi connectivity index (χ3v) is 7.72. The molecule has 15 heteroatoms. The van der Waals surface area contributed by atoms with E-state index >= 15 is 0 Å². The van der Waals surface area contributed by atoms with E-state index in [1.807, 2.05) is 0 Å². The van der Waals surface area contributed by atoms with E-state index < -0.39 is 43.5 Å². The minimum atomic E-state index is -3.97. The normalized spacial score (nSPS) is 21.5. The standard InChI is InChI=1S/C22H34N7O7P/c1-6-33-20(30)14(3)27-37(32,28-15(4)21(31)34-7-2)35-12-16-10-11-22(24-5,36-16)18-9-8-17-19(23)25-13-26-29(17)18/h8-9,13-16H,5-7,10-12H2,1-4H3,(H2,23,25,26)(H2,27,28,32)/t14-,15-,16-,22+/m0/s1. The van der Waals surface area contributed by atoms with Crippen molar-refractivity contribution >= 4 is 37.7 Å². The Labute approximate surface area is 214 Å². The molecular weight excluding hydrogens is 505 g/mol. The molecule has 37 heavy (non-hydrogen) atoms. The van der Waals surface area contributed by atoms with Crippen LogP contribution in [0.1, 0.15) is 46.2 Å². The van der Waals surface area contributed by atoms with Crippen molar-refractivity contribution in [1.82, 2.24) is 24.8 Å². The molecule has 0 saturated carbocycles. The van der Waals surface area contributed by atoms with Crippen molar-refractivity contribution in [3.63, 3.8) is 0 Å². The zero-order valence-corrected chi connectivity index (χ0v) is 22.3. The number of aliphatic imine (C=N–C) groups is 1. The zero-order valence-electron chi connectivity index (χ0n) is 21.4. The summed E-state index contributed by atoms with van der Waals surface area (Å²) in [5.74, 6) is -0.932. The molecule has 0 unspecified atom stereocenters. The van der Waals surface area contributed by atoms with Crippen LogP contribution in [0.25, 0.3) is 5.52 Å². The van der Waals surface area contributed by atoms with E-state index in [0.29, 0.717) is 29.9 Å². The molecular formula is C22H34N7O7P. The van der Waals surface area contributed by atoms with Gasteiger partial charge in [-0.1, -0.05) is 0 Å². The van der Waals surface area contributed by atoms with Gasteiger partial charge in [0, 0.05) is 6.42 Å². The number of fused-ring (bicyclic) bond motifs is 1. The number of carbonyl (C=O) groups is 2. The van der Waals surface area contributed by atoms with Crippen LogP contribution in [0.5, 0.6) is 0 Å². The maximum atomic E-state index is 13.7. The molecule has 1 aliphatic rings. The second-order valence-corrected chi connectivity index (χ2v) is 10.3. The number of hydrogen-bond donors (Lipinski definition) is 3. The zero-order chi connectivity index (χ0) is 27.2. The molecule has 2 aromatic rings. The van der Waals surface area contributed by atoms with E-state index in [9.17, 15) is 14.2 Å². The Morgan fingerprint density at radius 2 is 1.89 bits per heavy atom. The maximum Gasteiger partial charge on any atom is 0.342 e. The Hall–Kier alpha value is -2.90. The molecule has 4 atom stereocenters. The van der Waals surface area contributed by atoms with Gasteiger partial charge >= 0.3 is 19.6 Å². The number of esters is 2. The highest BCUT2D eigenvalue weighted by atomic mass is 31.2. The smallest absolute Gasteiger partial charge is 0.342 e. The third-order valence-electron chi connectivity index (χ3n) is 5.75. The van der Waals surface area contributed by atoms with Crippen LogP contribution in [0.4, 0.5) is 5.82 Å². The fourth-order valence-corrected chi connectivity index (χ4v) is 5.78. The molecule has 0 spiro atoms. The minimum absolute atomic E-state index is 0.139. The number of nitrogens with two attached hydrogens (primary N) is 1. The largest absolute Gasteiger partial charge is 0.465 e. The molecule has 1 saturated heterocycles. The van der Waals surface area contributed by atoms with Crippen molar-refractivity contribution in [2.45, 2.75) is 64.4 Å². The van der Waals surface area contributed by atoms with Gasteiger partial charge in [0.15, 0.2) is 5.82 Å². The van der Waals surface area contributed by atoms with Gasteiger partial charge in [0.2, 0.25) is 5.72 Å². The molecule has 3 rings (SSSR count). The number of nitrogen functional groups attached to an aromatic ring is 1. The van der Waals surface area contributed by atoms with Crippen LogP contribution in [0.2, 0.25) is 0 Å². The number of nitrogens with one attached hydrogen (secondary N) is 2. The van der Waals surface area contributed by atoms with E-state index in [-0.39, 0.29) is 19.8 Å². The lowest BCUT2D eigenvalue weighted by atomic mass is 10.1. The molecule has 3 heterocycles. The summed E-state index contributed by atoms with van der Waals surface area (Å²) in [6.07, 6.45) is 1.74. The number of aromatic nitrogens is 3. The highest BCUT2D eigenvalue weighted by Crippen LogP contribution is 2.44. The summed E-state index contributed by atoms with van der Waals surface area (Å²) in [5.41, 5.74) is 6.02. The second kappa shape index (κ2) is 12.1. The van der Waals surface area contributed by atoms with Gasteiger partial charge in [-0.25, -0.2) is 19.7 Å². The lowest BCUT2D eigenvalue weighted by Gasteiger charge is -2.28. The van der Waals surface area contributed by atoms with E-state index in [1.165, 1.54) is 20.2 Å². The van der Waals surface area contributed by atoms with E-state index in [1.54, 1.807) is 30.5 Å². The first-order chi connectivity index (χ1) is 17.6. The average molecular weight is 540 g/mol. The number of anilines is 1. The van der Waals surface area contributed by atoms with Gasteiger partial charge < -0.3 is 24.5 Å². The Morgan fingerprint density at radius 1 is 1.27 bits per heavy atom. The predicted molar refractivity (Wildman–Crippen MR) is 135 cm³/mol. The van der Waals surface area contributed by atoms with Gasteiger partial charge in [-0.15, -0.1) is 0 Å². The summed E-state index contributed by atoms with van der Waals surface area (Å²) in [6, 6.07) is 1.58. The quantitative estimate of drug-likeness (QED) is 0.190. The monoisotopic (exact) mass is 539 g/mol. The number of ether oxygens (including phenoxy) is 3. The van der Waals surface area contributed by atoms with Crippen molar-refractivity contribution in [3.05, 3.63) is 24.2 Å². The third kappa shape index (κ3) is 6.51. The summed E-state index contributed by atoms with van der Waals surface area (Å²) >= 11 is 0. The summed E-state index contributed by atoms with van der Waals surface area (Å²) in [6.45, 7) is 10.2. The van der Waals surface area contributed by atoms with Gasteiger partial charge in [-0.05, 0) is 53.0 Å². The highest BCUT2D eigenvalue weighted by Gasteiger charge is 2.44. The van der Waals surface area contributed by atoms with Crippen molar-refractivity contribution in [2.75, 3.05) is 25.6 Å².